The van der Waals surface area contributed by atoms with Crippen molar-refractivity contribution < 1.29 is 23.9 Å². The van der Waals surface area contributed by atoms with Crippen LogP contribution in [-0.4, -0.2) is 31.4 Å². The molecule has 24 heavy (non-hydrogen) atoms. The van der Waals surface area contributed by atoms with Crippen molar-refractivity contribution in [1.82, 2.24) is 5.32 Å². The van der Waals surface area contributed by atoms with Gasteiger partial charge in [-0.05, 0) is 26.3 Å². The van der Waals surface area contributed by atoms with E-state index in [0.717, 1.165) is 5.56 Å². The van der Waals surface area contributed by atoms with E-state index in [1.54, 1.807) is 13.8 Å². The van der Waals surface area contributed by atoms with Crippen molar-refractivity contribution in [2.75, 3.05) is 13.7 Å². The number of carbonyl (C=O) groups is 3. The first-order valence-corrected chi connectivity index (χ1v) is 7.70. The lowest BCUT2D eigenvalue weighted by Crippen LogP contribution is -2.31. The van der Waals surface area contributed by atoms with Crippen LogP contribution in [0.4, 0.5) is 0 Å². The van der Waals surface area contributed by atoms with Gasteiger partial charge in [0.05, 0.1) is 19.6 Å². The molecule has 0 fully saturated rings. The van der Waals surface area contributed by atoms with Crippen molar-refractivity contribution in [2.45, 2.75) is 27.3 Å². The molecule has 0 bridgehead atoms. The largest absolute Gasteiger partial charge is 0.465 e. The van der Waals surface area contributed by atoms with Gasteiger partial charge in [0.1, 0.15) is 5.57 Å². The van der Waals surface area contributed by atoms with Gasteiger partial charge in [-0.3, -0.25) is 9.59 Å². The van der Waals surface area contributed by atoms with E-state index < -0.39 is 23.6 Å². The van der Waals surface area contributed by atoms with Crippen LogP contribution in [-0.2, 0) is 30.4 Å². The first kappa shape index (κ1) is 19.4. The van der Waals surface area contributed by atoms with Crippen LogP contribution in [0.1, 0.15) is 26.3 Å². The first-order valence-electron chi connectivity index (χ1n) is 7.70. The molecule has 6 heteroatoms. The molecule has 1 N–H and O–H groups in total. The number of carbonyl (C=O) groups excluding carboxylic acids is 3. The SMILES string of the molecule is CCOC(=O)C(C)/C(NCc1ccccc1)=C(\C(C)=O)C(=O)OC. The van der Waals surface area contributed by atoms with E-state index >= 15 is 0 Å². The molecule has 0 saturated heterocycles. The van der Waals surface area contributed by atoms with E-state index in [2.05, 4.69) is 10.1 Å². The lowest BCUT2D eigenvalue weighted by Gasteiger charge is -2.20. The number of hydrogen-bond donors (Lipinski definition) is 1. The minimum atomic E-state index is -0.799. The van der Waals surface area contributed by atoms with Gasteiger partial charge in [-0.25, -0.2) is 4.79 Å². The number of nitrogens with one attached hydrogen (secondary N) is 1. The monoisotopic (exact) mass is 333 g/mol. The third kappa shape index (κ3) is 5.22. The average molecular weight is 333 g/mol. The summed E-state index contributed by atoms with van der Waals surface area (Å²) in [5, 5.41) is 3.03. The fourth-order valence-electron chi connectivity index (χ4n) is 2.18. The van der Waals surface area contributed by atoms with Gasteiger partial charge in [0.25, 0.3) is 0 Å². The summed E-state index contributed by atoms with van der Waals surface area (Å²) in [5.74, 6) is -2.58. The van der Waals surface area contributed by atoms with Crippen LogP contribution in [0.15, 0.2) is 41.6 Å². The molecule has 0 saturated carbocycles. The Kier molecular flexibility index (Phi) is 7.68. The van der Waals surface area contributed by atoms with Crippen LogP contribution >= 0.6 is 0 Å². The Hall–Kier alpha value is -2.63. The van der Waals surface area contributed by atoms with E-state index in [9.17, 15) is 14.4 Å². The quantitative estimate of drug-likeness (QED) is 0.339. The molecule has 1 rings (SSSR count). The number of Topliss-reactive ketones (excluding diaryl/α,β-unsaturated/α-hetero) is 1. The summed E-state index contributed by atoms with van der Waals surface area (Å²) in [4.78, 5) is 36.0. The molecule has 1 aromatic carbocycles. The van der Waals surface area contributed by atoms with Gasteiger partial charge in [0, 0.05) is 12.2 Å². The average Bonchev–Trinajstić information content (AvgIpc) is 2.58. The highest BCUT2D eigenvalue weighted by atomic mass is 16.5. The third-order valence-electron chi connectivity index (χ3n) is 3.41. The topological polar surface area (TPSA) is 81.7 Å². The van der Waals surface area contributed by atoms with Crippen molar-refractivity contribution in [2.24, 2.45) is 5.92 Å². The van der Waals surface area contributed by atoms with Gasteiger partial charge in [0.2, 0.25) is 0 Å². The van der Waals surface area contributed by atoms with Crippen molar-refractivity contribution >= 4 is 17.7 Å². The van der Waals surface area contributed by atoms with Gasteiger partial charge in [-0.15, -0.1) is 0 Å². The number of rotatable bonds is 8. The third-order valence-corrected chi connectivity index (χ3v) is 3.41. The Morgan fingerprint density at radius 1 is 1.17 bits per heavy atom. The lowest BCUT2D eigenvalue weighted by molar-refractivity contribution is -0.146. The summed E-state index contributed by atoms with van der Waals surface area (Å²) in [5.41, 5.74) is 0.976. The Morgan fingerprint density at radius 3 is 2.29 bits per heavy atom. The van der Waals surface area contributed by atoms with Crippen LogP contribution in [0.2, 0.25) is 0 Å². The molecule has 1 unspecified atom stereocenters. The molecule has 0 amide bonds. The fraction of sp³-hybridized carbons (Fsp3) is 0.389. The first-order chi connectivity index (χ1) is 11.4. The maximum Gasteiger partial charge on any atom is 0.343 e. The summed E-state index contributed by atoms with van der Waals surface area (Å²) < 4.78 is 9.69. The van der Waals surface area contributed by atoms with Crippen LogP contribution in [0.25, 0.3) is 0 Å². The maximum absolute atomic E-state index is 12.1. The molecule has 0 radical (unpaired) electrons. The lowest BCUT2D eigenvalue weighted by atomic mass is 9.99. The Bertz CT molecular complexity index is 622. The van der Waals surface area contributed by atoms with E-state index in [1.165, 1.54) is 14.0 Å². The molecule has 1 aromatic rings. The van der Waals surface area contributed by atoms with E-state index in [1.807, 2.05) is 30.3 Å². The van der Waals surface area contributed by atoms with Gasteiger partial charge >= 0.3 is 11.9 Å². The Labute approximate surface area is 141 Å². The molecule has 0 heterocycles. The Morgan fingerprint density at radius 2 is 1.79 bits per heavy atom. The summed E-state index contributed by atoms with van der Waals surface area (Å²) in [6, 6.07) is 9.43. The van der Waals surface area contributed by atoms with Crippen LogP contribution < -0.4 is 5.32 Å². The highest BCUT2D eigenvalue weighted by Crippen LogP contribution is 2.18. The van der Waals surface area contributed by atoms with Crippen LogP contribution in [0.5, 0.6) is 0 Å². The van der Waals surface area contributed by atoms with Gasteiger partial charge in [0.15, 0.2) is 5.78 Å². The molecule has 0 aliphatic rings. The summed E-state index contributed by atoms with van der Waals surface area (Å²) in [6.45, 7) is 5.10. The predicted molar refractivity (Wildman–Crippen MR) is 88.8 cm³/mol. The zero-order valence-corrected chi connectivity index (χ0v) is 14.4. The van der Waals surface area contributed by atoms with Crippen LogP contribution in [0.3, 0.4) is 0 Å². The van der Waals surface area contributed by atoms with Crippen molar-refractivity contribution in [3.63, 3.8) is 0 Å². The minimum Gasteiger partial charge on any atom is -0.465 e. The van der Waals surface area contributed by atoms with Crippen molar-refractivity contribution in [1.29, 1.82) is 0 Å². The minimum absolute atomic E-state index is 0.172. The van der Waals surface area contributed by atoms with Gasteiger partial charge in [-0.1, -0.05) is 30.3 Å². The summed E-state index contributed by atoms with van der Waals surface area (Å²) >= 11 is 0. The zero-order chi connectivity index (χ0) is 18.1. The van der Waals surface area contributed by atoms with Crippen molar-refractivity contribution in [3.8, 4) is 0 Å². The molecule has 0 aromatic heterocycles. The molecule has 0 aliphatic carbocycles. The second-order valence-electron chi connectivity index (χ2n) is 5.15. The predicted octanol–water partition coefficient (Wildman–Crippen LogP) is 1.99. The number of hydrogen-bond acceptors (Lipinski definition) is 6. The smallest absolute Gasteiger partial charge is 0.343 e. The fourth-order valence-corrected chi connectivity index (χ4v) is 2.18. The molecule has 6 nitrogen and oxygen atoms in total. The molecule has 0 aliphatic heterocycles. The highest BCUT2D eigenvalue weighted by molar-refractivity contribution is 6.17. The Balaban J connectivity index is 3.20. The maximum atomic E-state index is 12.1. The number of methoxy groups -OCH3 is 1. The second-order valence-corrected chi connectivity index (χ2v) is 5.15. The number of esters is 2. The molecule has 1 atom stereocenters. The van der Waals surface area contributed by atoms with Crippen LogP contribution in [0, 0.1) is 5.92 Å². The van der Waals surface area contributed by atoms with Gasteiger partial charge < -0.3 is 14.8 Å². The second kappa shape index (κ2) is 9.50. The normalized spacial score (nSPS) is 12.7. The van der Waals surface area contributed by atoms with Crippen molar-refractivity contribution in [3.05, 3.63) is 47.2 Å². The molecule has 0 spiro atoms. The van der Waals surface area contributed by atoms with E-state index in [4.69, 9.17) is 4.74 Å². The highest BCUT2D eigenvalue weighted by Gasteiger charge is 2.28. The zero-order valence-electron chi connectivity index (χ0n) is 14.4. The van der Waals surface area contributed by atoms with Gasteiger partial charge in [-0.2, -0.15) is 0 Å². The number of ketones is 1. The molecular weight excluding hydrogens is 310 g/mol. The number of benzene rings is 1. The summed E-state index contributed by atoms with van der Waals surface area (Å²) in [7, 11) is 1.19. The van der Waals surface area contributed by atoms with E-state index in [0.29, 0.717) is 6.54 Å². The molecular formula is C18H23NO5. The van der Waals surface area contributed by atoms with E-state index in [-0.39, 0.29) is 17.9 Å². The standard InChI is InChI=1S/C18H23NO5/c1-5-24-17(21)12(2)16(15(13(3)20)18(22)23-4)19-11-14-9-7-6-8-10-14/h6-10,12,19H,5,11H2,1-4H3/b16-15-. The molecule has 130 valence electrons. The summed E-state index contributed by atoms with van der Waals surface area (Å²) in [6.07, 6.45) is 0. The number of ether oxygens (including phenoxy) is 2.